The van der Waals surface area contributed by atoms with Gasteiger partial charge in [-0.05, 0) is 71.5 Å². The Morgan fingerprint density at radius 3 is 2.25 bits per heavy atom. The Morgan fingerprint density at radius 1 is 1.03 bits per heavy atom. The van der Waals surface area contributed by atoms with Gasteiger partial charge < -0.3 is 9.47 Å². The van der Waals surface area contributed by atoms with Crippen molar-refractivity contribution in [1.29, 1.82) is 5.53 Å². The molecule has 0 bridgehead atoms. The number of nitro groups is 1. The summed E-state index contributed by atoms with van der Waals surface area (Å²) in [6.45, 7) is 0. The lowest BCUT2D eigenvalue weighted by molar-refractivity contribution is -0.484. The van der Waals surface area contributed by atoms with Gasteiger partial charge in [0.25, 0.3) is 0 Å². The van der Waals surface area contributed by atoms with E-state index in [-0.39, 0.29) is 5.69 Å². The van der Waals surface area contributed by atoms with Crippen molar-refractivity contribution in [1.82, 2.24) is 0 Å². The highest BCUT2D eigenvalue weighted by Crippen LogP contribution is 2.37. The number of nitrogens with zero attached hydrogens (tertiary/aromatic N) is 3. The van der Waals surface area contributed by atoms with Crippen molar-refractivity contribution in [2.24, 2.45) is 5.11 Å². The molecule has 0 aliphatic carbocycles. The standard InChI is InChI=1S/C27H24N4O5/c1-35-24-16-14-21(15-17-24)25-22(13-12-20-8-4-2-5-9-20)18-19-27(29-28,36-25)26(32)30(31(33)34)23-10-6-3-7-11-23/h2-11,14-19,28H,12-13H2,1H3. The Kier molecular flexibility index (Phi) is 7.20. The zero-order valence-corrected chi connectivity index (χ0v) is 19.5. The first-order valence-corrected chi connectivity index (χ1v) is 11.2. The minimum Gasteiger partial charge on any atom is -0.497 e. The number of hydrogen-bond donors (Lipinski definition) is 1. The van der Waals surface area contributed by atoms with Crippen LogP contribution in [0.1, 0.15) is 17.5 Å². The Balaban J connectivity index is 1.73. The fourth-order valence-electron chi connectivity index (χ4n) is 3.88. The van der Waals surface area contributed by atoms with E-state index in [9.17, 15) is 14.9 Å². The average molecular weight is 485 g/mol. The van der Waals surface area contributed by atoms with Crippen LogP contribution in [0.3, 0.4) is 0 Å². The van der Waals surface area contributed by atoms with Crippen LogP contribution in [0.2, 0.25) is 0 Å². The predicted molar refractivity (Wildman–Crippen MR) is 134 cm³/mol. The van der Waals surface area contributed by atoms with Gasteiger partial charge in [-0.15, -0.1) is 5.11 Å². The quantitative estimate of drug-likeness (QED) is 0.242. The monoisotopic (exact) mass is 484 g/mol. The van der Waals surface area contributed by atoms with Gasteiger partial charge in [0.2, 0.25) is 0 Å². The van der Waals surface area contributed by atoms with E-state index in [1.807, 2.05) is 30.3 Å². The van der Waals surface area contributed by atoms with Crippen LogP contribution in [0.4, 0.5) is 5.69 Å². The number of carbonyl (C=O) groups is 1. The van der Waals surface area contributed by atoms with Crippen molar-refractivity contribution in [3.05, 3.63) is 124 Å². The summed E-state index contributed by atoms with van der Waals surface area (Å²) in [7, 11) is 1.55. The number of carbonyl (C=O) groups excluding carboxylic acids is 1. The van der Waals surface area contributed by atoms with Gasteiger partial charge in [0, 0.05) is 5.56 Å². The van der Waals surface area contributed by atoms with Crippen molar-refractivity contribution in [3.8, 4) is 5.75 Å². The zero-order valence-electron chi connectivity index (χ0n) is 19.5. The summed E-state index contributed by atoms with van der Waals surface area (Å²) < 4.78 is 11.3. The molecule has 1 heterocycles. The molecule has 1 aliphatic heterocycles. The lowest BCUT2D eigenvalue weighted by Crippen LogP contribution is -2.51. The normalized spacial score (nSPS) is 16.7. The van der Waals surface area contributed by atoms with Gasteiger partial charge in [-0.3, -0.25) is 4.79 Å². The SMILES string of the molecule is COc1ccc(C2=C(CCc3ccccc3)C=CC(N=N)(C(=O)N(c3ccccc3)[N+](=O)[O-])O2)cc1. The Hall–Kier alpha value is -4.79. The second kappa shape index (κ2) is 10.6. The molecule has 1 atom stereocenters. The molecule has 1 aliphatic rings. The second-order valence-corrected chi connectivity index (χ2v) is 8.00. The highest BCUT2D eigenvalue weighted by Gasteiger charge is 2.49. The largest absolute Gasteiger partial charge is 0.497 e. The number of ether oxygens (including phenoxy) is 2. The number of hydrogen-bond acceptors (Lipinski definition) is 7. The number of hydrazine groups is 1. The molecule has 9 heteroatoms. The maximum absolute atomic E-state index is 13.5. The summed E-state index contributed by atoms with van der Waals surface area (Å²) >= 11 is 0. The van der Waals surface area contributed by atoms with Crippen LogP contribution < -0.4 is 9.75 Å². The maximum atomic E-state index is 13.5. The maximum Gasteiger partial charge on any atom is 0.361 e. The number of methoxy groups -OCH3 is 1. The summed E-state index contributed by atoms with van der Waals surface area (Å²) in [5.74, 6) is -0.164. The molecule has 1 N–H and O–H groups in total. The Morgan fingerprint density at radius 2 is 1.67 bits per heavy atom. The zero-order chi connectivity index (χ0) is 25.5. The molecule has 3 aromatic carbocycles. The van der Waals surface area contributed by atoms with Gasteiger partial charge >= 0.3 is 11.6 Å². The summed E-state index contributed by atoms with van der Waals surface area (Å²) in [6, 6.07) is 24.6. The van der Waals surface area contributed by atoms with Crippen molar-refractivity contribution in [2.75, 3.05) is 12.1 Å². The van der Waals surface area contributed by atoms with Crippen LogP contribution in [0.15, 0.2) is 108 Å². The lowest BCUT2D eigenvalue weighted by atomic mass is 9.96. The van der Waals surface area contributed by atoms with Gasteiger partial charge in [-0.1, -0.05) is 54.6 Å². The van der Waals surface area contributed by atoms with Crippen LogP contribution in [0.5, 0.6) is 5.75 Å². The van der Waals surface area contributed by atoms with Crippen LogP contribution in [0, 0.1) is 15.6 Å². The van der Waals surface area contributed by atoms with Gasteiger partial charge in [-0.25, -0.2) is 15.6 Å². The van der Waals surface area contributed by atoms with Gasteiger partial charge in [-0.2, -0.15) is 0 Å². The lowest BCUT2D eigenvalue weighted by Gasteiger charge is -2.31. The van der Waals surface area contributed by atoms with E-state index in [1.165, 1.54) is 18.2 Å². The van der Waals surface area contributed by atoms with E-state index in [1.54, 1.807) is 55.7 Å². The molecule has 0 aromatic heterocycles. The molecular weight excluding hydrogens is 460 g/mol. The third-order valence-corrected chi connectivity index (χ3v) is 5.77. The topological polar surface area (TPSA) is 118 Å². The molecule has 9 nitrogen and oxygen atoms in total. The number of amides is 1. The van der Waals surface area contributed by atoms with Crippen LogP contribution in [0.25, 0.3) is 5.76 Å². The van der Waals surface area contributed by atoms with Crippen molar-refractivity contribution in [3.63, 3.8) is 0 Å². The van der Waals surface area contributed by atoms with Gasteiger partial charge in [0.05, 0.1) is 7.11 Å². The number of rotatable bonds is 9. The van der Waals surface area contributed by atoms with E-state index in [0.717, 1.165) is 11.1 Å². The molecule has 36 heavy (non-hydrogen) atoms. The van der Waals surface area contributed by atoms with Gasteiger partial charge in [0.15, 0.2) is 5.03 Å². The van der Waals surface area contributed by atoms with Crippen LogP contribution >= 0.6 is 0 Å². The smallest absolute Gasteiger partial charge is 0.361 e. The molecule has 0 fully saturated rings. The minimum absolute atomic E-state index is 0.0253. The summed E-state index contributed by atoms with van der Waals surface area (Å²) in [5, 5.41) is 14.9. The highest BCUT2D eigenvalue weighted by atomic mass is 16.7. The molecule has 0 spiro atoms. The molecular formula is C27H24N4O5. The number of para-hydroxylation sites is 1. The highest BCUT2D eigenvalue weighted by molar-refractivity contribution is 6.00. The van der Waals surface area contributed by atoms with E-state index in [0.29, 0.717) is 34.9 Å². The van der Waals surface area contributed by atoms with Gasteiger partial charge in [0.1, 0.15) is 17.2 Å². The fraction of sp³-hybridized carbons (Fsp3) is 0.148. The molecule has 1 unspecified atom stereocenters. The second-order valence-electron chi connectivity index (χ2n) is 8.00. The average Bonchev–Trinajstić information content (AvgIpc) is 2.93. The fourth-order valence-corrected chi connectivity index (χ4v) is 3.88. The first-order valence-electron chi connectivity index (χ1n) is 11.2. The molecule has 4 rings (SSSR count). The van der Waals surface area contributed by atoms with Crippen molar-refractivity contribution < 1.29 is 19.3 Å². The summed E-state index contributed by atoms with van der Waals surface area (Å²) in [6.07, 6.45) is 4.23. The van der Waals surface area contributed by atoms with E-state index < -0.39 is 16.7 Å². The number of allylic oxidation sites excluding steroid dienone is 2. The molecule has 1 amide bonds. The van der Waals surface area contributed by atoms with E-state index in [2.05, 4.69) is 5.11 Å². The first kappa shape index (κ1) is 24.3. The van der Waals surface area contributed by atoms with Crippen LogP contribution in [-0.4, -0.2) is 23.8 Å². The molecule has 0 saturated carbocycles. The number of aryl methyl sites for hydroxylation is 1. The van der Waals surface area contributed by atoms with Crippen LogP contribution in [-0.2, 0) is 16.0 Å². The predicted octanol–water partition coefficient (Wildman–Crippen LogP) is 5.58. The number of benzene rings is 3. The minimum atomic E-state index is -2.24. The van der Waals surface area contributed by atoms with E-state index in [4.69, 9.17) is 15.0 Å². The van der Waals surface area contributed by atoms with Crippen molar-refractivity contribution in [2.45, 2.75) is 18.6 Å². The summed E-state index contributed by atoms with van der Waals surface area (Å²) in [4.78, 5) is 25.4. The van der Waals surface area contributed by atoms with E-state index >= 15 is 0 Å². The molecule has 0 saturated heterocycles. The molecule has 3 aromatic rings. The molecule has 182 valence electrons. The first-order chi connectivity index (χ1) is 17.5. The summed E-state index contributed by atoms with van der Waals surface area (Å²) in [5.41, 5.74) is 8.12. The Bertz CT molecular complexity index is 1310. The number of anilines is 1. The molecule has 0 radical (unpaired) electrons. The number of nitrogens with one attached hydrogen (secondary N) is 1. The van der Waals surface area contributed by atoms with Crippen molar-refractivity contribution >= 4 is 17.4 Å². The third kappa shape index (κ3) is 5.00. The third-order valence-electron chi connectivity index (χ3n) is 5.77. The Labute approximate surface area is 207 Å².